The number of aliphatic hydroxyl groups is 1. The molecule has 1 aromatic rings. The fourth-order valence-electron chi connectivity index (χ4n) is 4.06. The van der Waals surface area contributed by atoms with Gasteiger partial charge in [0.2, 0.25) is 0 Å². The lowest BCUT2D eigenvalue weighted by molar-refractivity contribution is -0.0194. The van der Waals surface area contributed by atoms with Crippen LogP contribution in [0.2, 0.25) is 0 Å². The molecule has 2 nitrogen and oxygen atoms in total. The number of aliphatic hydroxyl groups excluding tert-OH is 1. The van der Waals surface area contributed by atoms with Crippen molar-refractivity contribution in [2.24, 2.45) is 11.8 Å². The van der Waals surface area contributed by atoms with Gasteiger partial charge in [0, 0.05) is 6.42 Å². The minimum atomic E-state index is -0.209. The normalized spacial score (nSPS) is 30.7. The van der Waals surface area contributed by atoms with E-state index < -0.39 is 0 Å². The zero-order chi connectivity index (χ0) is 14.7. The van der Waals surface area contributed by atoms with E-state index in [0.717, 1.165) is 25.4 Å². The highest BCUT2D eigenvalue weighted by molar-refractivity contribution is 5.30. The second-order valence-electron chi connectivity index (χ2n) is 6.80. The highest BCUT2D eigenvalue weighted by Crippen LogP contribution is 2.37. The van der Waals surface area contributed by atoms with Crippen molar-refractivity contribution in [3.8, 4) is 0 Å². The standard InChI is InChI=1S/C19H28O2/c1-2-14-7-9-16(10-8-14)18(20)13-19-17-6-4-3-5-15(17)11-12-21-19/h3-6,14,16,18-20H,2,7-13H2,1H3. The fraction of sp³-hybridized carbons (Fsp3) is 0.684. The Balaban J connectivity index is 1.60. The maximum atomic E-state index is 10.6. The first-order valence-electron chi connectivity index (χ1n) is 8.65. The third-order valence-electron chi connectivity index (χ3n) is 5.56. The van der Waals surface area contributed by atoms with Crippen LogP contribution in [0.1, 0.15) is 62.7 Å². The Morgan fingerprint density at radius 2 is 1.95 bits per heavy atom. The Bertz CT molecular complexity index is 449. The van der Waals surface area contributed by atoms with Crippen molar-refractivity contribution in [3.63, 3.8) is 0 Å². The molecule has 1 fully saturated rings. The van der Waals surface area contributed by atoms with E-state index in [2.05, 4.69) is 31.2 Å². The summed E-state index contributed by atoms with van der Waals surface area (Å²) < 4.78 is 5.95. The molecule has 0 radical (unpaired) electrons. The van der Waals surface area contributed by atoms with Crippen molar-refractivity contribution >= 4 is 0 Å². The fourth-order valence-corrected chi connectivity index (χ4v) is 4.06. The maximum absolute atomic E-state index is 10.6. The molecule has 2 aliphatic rings. The number of hydrogen-bond acceptors (Lipinski definition) is 2. The quantitative estimate of drug-likeness (QED) is 0.896. The molecule has 1 aliphatic carbocycles. The monoisotopic (exact) mass is 288 g/mol. The highest BCUT2D eigenvalue weighted by atomic mass is 16.5. The van der Waals surface area contributed by atoms with Gasteiger partial charge in [0.1, 0.15) is 0 Å². The Morgan fingerprint density at radius 1 is 1.19 bits per heavy atom. The van der Waals surface area contributed by atoms with Crippen molar-refractivity contribution in [1.29, 1.82) is 0 Å². The molecule has 1 heterocycles. The van der Waals surface area contributed by atoms with Crippen molar-refractivity contribution in [2.45, 2.75) is 64.1 Å². The molecule has 21 heavy (non-hydrogen) atoms. The number of benzene rings is 1. The van der Waals surface area contributed by atoms with E-state index in [1.54, 1.807) is 0 Å². The zero-order valence-electron chi connectivity index (χ0n) is 13.1. The number of fused-ring (bicyclic) bond motifs is 1. The number of rotatable bonds is 4. The summed E-state index contributed by atoms with van der Waals surface area (Å²) in [5, 5.41) is 10.6. The van der Waals surface area contributed by atoms with Gasteiger partial charge in [0.05, 0.1) is 18.8 Å². The topological polar surface area (TPSA) is 29.5 Å². The zero-order valence-corrected chi connectivity index (χ0v) is 13.1. The van der Waals surface area contributed by atoms with E-state index in [1.807, 2.05) is 0 Å². The van der Waals surface area contributed by atoms with Crippen LogP contribution in [0.5, 0.6) is 0 Å². The SMILES string of the molecule is CCC1CCC(C(O)CC2OCCc3ccccc32)CC1. The van der Waals surface area contributed by atoms with Crippen LogP contribution in [0.3, 0.4) is 0 Å². The van der Waals surface area contributed by atoms with Gasteiger partial charge in [-0.2, -0.15) is 0 Å². The Kier molecular flexibility index (Phi) is 4.97. The lowest BCUT2D eigenvalue weighted by atomic mass is 9.77. The minimum absolute atomic E-state index is 0.0915. The number of ether oxygens (including phenoxy) is 1. The molecule has 0 bridgehead atoms. The summed E-state index contributed by atoms with van der Waals surface area (Å²) in [5.74, 6) is 1.37. The first-order chi connectivity index (χ1) is 10.3. The number of hydrogen-bond donors (Lipinski definition) is 1. The summed E-state index contributed by atoms with van der Waals surface area (Å²) in [6, 6.07) is 8.55. The molecular formula is C19H28O2. The van der Waals surface area contributed by atoms with Gasteiger partial charge in [-0.1, -0.05) is 50.5 Å². The first-order valence-corrected chi connectivity index (χ1v) is 8.65. The molecule has 2 heteroatoms. The smallest absolute Gasteiger partial charge is 0.0852 e. The largest absolute Gasteiger partial charge is 0.393 e. The van der Waals surface area contributed by atoms with Gasteiger partial charge in [-0.15, -0.1) is 0 Å². The summed E-state index contributed by atoms with van der Waals surface area (Å²) in [4.78, 5) is 0. The summed E-state index contributed by atoms with van der Waals surface area (Å²) in [6.07, 6.45) is 7.90. The van der Waals surface area contributed by atoms with Crippen LogP contribution >= 0.6 is 0 Å². The molecule has 116 valence electrons. The lowest BCUT2D eigenvalue weighted by Crippen LogP contribution is -2.29. The molecule has 3 rings (SSSR count). The van der Waals surface area contributed by atoms with Gasteiger partial charge in [-0.3, -0.25) is 0 Å². The van der Waals surface area contributed by atoms with Crippen LogP contribution in [-0.4, -0.2) is 17.8 Å². The Hall–Kier alpha value is -0.860. The van der Waals surface area contributed by atoms with Crippen molar-refractivity contribution in [2.75, 3.05) is 6.61 Å². The van der Waals surface area contributed by atoms with E-state index in [-0.39, 0.29) is 12.2 Å². The minimum Gasteiger partial charge on any atom is -0.393 e. The molecule has 2 unspecified atom stereocenters. The molecule has 2 atom stereocenters. The molecule has 1 N–H and O–H groups in total. The molecule has 1 aliphatic heterocycles. The van der Waals surface area contributed by atoms with Gasteiger partial charge in [-0.05, 0) is 42.2 Å². The van der Waals surface area contributed by atoms with E-state index in [0.29, 0.717) is 5.92 Å². The highest BCUT2D eigenvalue weighted by Gasteiger charge is 2.30. The van der Waals surface area contributed by atoms with E-state index >= 15 is 0 Å². The van der Waals surface area contributed by atoms with Crippen LogP contribution in [0.25, 0.3) is 0 Å². The van der Waals surface area contributed by atoms with Gasteiger partial charge in [0.25, 0.3) is 0 Å². The molecule has 1 aromatic carbocycles. The third-order valence-corrected chi connectivity index (χ3v) is 5.56. The molecule has 0 aromatic heterocycles. The van der Waals surface area contributed by atoms with Crippen molar-refractivity contribution < 1.29 is 9.84 Å². The van der Waals surface area contributed by atoms with Crippen LogP contribution in [0.15, 0.2) is 24.3 Å². The summed E-state index contributed by atoms with van der Waals surface area (Å²) in [7, 11) is 0. The Labute approximate surface area is 128 Å². The molecule has 1 saturated carbocycles. The van der Waals surface area contributed by atoms with Gasteiger partial charge < -0.3 is 9.84 Å². The van der Waals surface area contributed by atoms with Gasteiger partial charge in [-0.25, -0.2) is 0 Å². The third kappa shape index (κ3) is 3.49. The molecule has 0 amide bonds. The van der Waals surface area contributed by atoms with Crippen LogP contribution < -0.4 is 0 Å². The first kappa shape index (κ1) is 15.1. The Morgan fingerprint density at radius 3 is 2.71 bits per heavy atom. The van der Waals surface area contributed by atoms with Gasteiger partial charge in [0.15, 0.2) is 0 Å². The second kappa shape index (κ2) is 6.93. The van der Waals surface area contributed by atoms with E-state index in [4.69, 9.17) is 4.74 Å². The maximum Gasteiger partial charge on any atom is 0.0852 e. The average Bonchev–Trinajstić information content (AvgIpc) is 2.55. The predicted molar refractivity (Wildman–Crippen MR) is 85.2 cm³/mol. The summed E-state index contributed by atoms with van der Waals surface area (Å²) >= 11 is 0. The van der Waals surface area contributed by atoms with E-state index in [1.165, 1.54) is 43.2 Å². The van der Waals surface area contributed by atoms with Gasteiger partial charge >= 0.3 is 0 Å². The van der Waals surface area contributed by atoms with E-state index in [9.17, 15) is 5.11 Å². The second-order valence-corrected chi connectivity index (χ2v) is 6.80. The van der Waals surface area contributed by atoms with Crippen molar-refractivity contribution in [3.05, 3.63) is 35.4 Å². The lowest BCUT2D eigenvalue weighted by Gasteiger charge is -2.34. The molecule has 0 saturated heterocycles. The molecular weight excluding hydrogens is 260 g/mol. The van der Waals surface area contributed by atoms with Crippen LogP contribution in [0, 0.1) is 11.8 Å². The summed E-state index contributed by atoms with van der Waals surface area (Å²) in [5.41, 5.74) is 2.70. The average molecular weight is 288 g/mol. The van der Waals surface area contributed by atoms with Crippen LogP contribution in [-0.2, 0) is 11.2 Å². The van der Waals surface area contributed by atoms with Crippen LogP contribution in [0.4, 0.5) is 0 Å². The van der Waals surface area contributed by atoms with Crippen molar-refractivity contribution in [1.82, 2.24) is 0 Å². The molecule has 0 spiro atoms. The predicted octanol–water partition coefficient (Wildman–Crippen LogP) is 4.27. The summed E-state index contributed by atoms with van der Waals surface area (Å²) in [6.45, 7) is 3.07.